The molecule has 6 heteroatoms. The van der Waals surface area contributed by atoms with Crippen LogP contribution in [0.25, 0.3) is 0 Å². The minimum absolute atomic E-state index is 0.0711. The number of alkyl halides is 2. The van der Waals surface area contributed by atoms with Crippen molar-refractivity contribution >= 4 is 11.6 Å². The van der Waals surface area contributed by atoms with Crippen LogP contribution in [0.4, 0.5) is 14.5 Å². The van der Waals surface area contributed by atoms with Gasteiger partial charge in [-0.3, -0.25) is 4.79 Å². The van der Waals surface area contributed by atoms with Crippen molar-refractivity contribution < 1.29 is 18.3 Å². The Morgan fingerprint density at radius 2 is 2.00 bits per heavy atom. The zero-order chi connectivity index (χ0) is 14.3. The third-order valence-corrected chi connectivity index (χ3v) is 2.22. The Kier molecular flexibility index (Phi) is 6.05. The Balaban J connectivity index is 2.46. The van der Waals surface area contributed by atoms with Gasteiger partial charge in [-0.05, 0) is 26.0 Å². The van der Waals surface area contributed by atoms with Crippen molar-refractivity contribution in [2.45, 2.75) is 32.9 Å². The molecule has 0 atom stereocenters. The highest BCUT2D eigenvalue weighted by Crippen LogP contribution is 2.25. The summed E-state index contributed by atoms with van der Waals surface area (Å²) in [6.07, 6.45) is 0.265. The average Bonchev–Trinajstić information content (AvgIpc) is 2.29. The van der Waals surface area contributed by atoms with Gasteiger partial charge in [0.15, 0.2) is 0 Å². The van der Waals surface area contributed by atoms with E-state index in [2.05, 4.69) is 15.4 Å². The summed E-state index contributed by atoms with van der Waals surface area (Å²) in [5.74, 6) is -0.0171. The number of carbonyl (C=O) groups is 1. The van der Waals surface area contributed by atoms with Crippen molar-refractivity contribution in [2.24, 2.45) is 0 Å². The van der Waals surface area contributed by atoms with Gasteiger partial charge in [0.05, 0.1) is 5.69 Å². The summed E-state index contributed by atoms with van der Waals surface area (Å²) < 4.78 is 28.7. The molecule has 0 bridgehead atoms. The van der Waals surface area contributed by atoms with Crippen molar-refractivity contribution in [3.05, 3.63) is 24.3 Å². The highest BCUT2D eigenvalue weighted by molar-refractivity contribution is 5.76. The van der Waals surface area contributed by atoms with Crippen LogP contribution in [0.5, 0.6) is 5.75 Å². The molecular formula is C13H18F2N2O2. The van der Waals surface area contributed by atoms with E-state index in [9.17, 15) is 13.6 Å². The van der Waals surface area contributed by atoms with E-state index >= 15 is 0 Å². The van der Waals surface area contributed by atoms with Gasteiger partial charge in [0.2, 0.25) is 5.91 Å². The maximum absolute atomic E-state index is 12.2. The molecule has 0 heterocycles. The first kappa shape index (κ1) is 15.2. The number of para-hydroxylation sites is 2. The number of hydrogen-bond acceptors (Lipinski definition) is 3. The number of amides is 1. The van der Waals surface area contributed by atoms with Crippen molar-refractivity contribution in [2.75, 3.05) is 11.9 Å². The van der Waals surface area contributed by atoms with Crippen LogP contribution >= 0.6 is 0 Å². The summed E-state index contributed by atoms with van der Waals surface area (Å²) in [7, 11) is 0. The molecule has 0 unspecified atom stereocenters. The number of carbonyl (C=O) groups excluding carboxylic acids is 1. The topological polar surface area (TPSA) is 50.4 Å². The van der Waals surface area contributed by atoms with E-state index in [-0.39, 0.29) is 24.1 Å². The van der Waals surface area contributed by atoms with Gasteiger partial charge in [0.1, 0.15) is 5.75 Å². The highest BCUT2D eigenvalue weighted by Gasteiger charge is 2.09. The number of hydrogen-bond donors (Lipinski definition) is 2. The molecule has 1 aromatic rings. The summed E-state index contributed by atoms with van der Waals surface area (Å²) in [5, 5.41) is 5.65. The molecule has 0 spiro atoms. The van der Waals surface area contributed by atoms with Crippen LogP contribution in [0.1, 0.15) is 20.3 Å². The average molecular weight is 272 g/mol. The van der Waals surface area contributed by atoms with Crippen LogP contribution in [-0.4, -0.2) is 25.1 Å². The number of anilines is 1. The second-order valence-corrected chi connectivity index (χ2v) is 4.27. The van der Waals surface area contributed by atoms with E-state index in [0.29, 0.717) is 12.2 Å². The molecule has 1 rings (SSSR count). The van der Waals surface area contributed by atoms with Gasteiger partial charge in [-0.25, -0.2) is 0 Å². The number of rotatable bonds is 7. The van der Waals surface area contributed by atoms with E-state index in [0.717, 1.165) is 0 Å². The maximum Gasteiger partial charge on any atom is 0.387 e. The van der Waals surface area contributed by atoms with Gasteiger partial charge in [-0.1, -0.05) is 12.1 Å². The van der Waals surface area contributed by atoms with Crippen LogP contribution in [-0.2, 0) is 4.79 Å². The molecule has 0 saturated carbocycles. The Hall–Kier alpha value is -1.85. The lowest BCUT2D eigenvalue weighted by atomic mass is 10.2. The van der Waals surface area contributed by atoms with Gasteiger partial charge in [-0.15, -0.1) is 0 Å². The zero-order valence-electron chi connectivity index (χ0n) is 11.0. The van der Waals surface area contributed by atoms with Crippen LogP contribution in [0, 0.1) is 0 Å². The fraction of sp³-hybridized carbons (Fsp3) is 0.462. The lowest BCUT2D eigenvalue weighted by molar-refractivity contribution is -0.121. The number of ether oxygens (including phenoxy) is 1. The summed E-state index contributed by atoms with van der Waals surface area (Å²) >= 11 is 0. The fourth-order valence-corrected chi connectivity index (χ4v) is 1.52. The van der Waals surface area contributed by atoms with Crippen molar-refractivity contribution in [1.29, 1.82) is 0 Å². The molecule has 0 aromatic heterocycles. The second-order valence-electron chi connectivity index (χ2n) is 4.27. The predicted octanol–water partition coefficient (Wildman–Crippen LogP) is 2.61. The molecule has 2 N–H and O–H groups in total. The third kappa shape index (κ3) is 6.03. The summed E-state index contributed by atoms with van der Waals surface area (Å²) in [4.78, 5) is 11.4. The lowest BCUT2D eigenvalue weighted by Gasteiger charge is -2.13. The zero-order valence-corrected chi connectivity index (χ0v) is 11.0. The Labute approximate surface area is 111 Å². The maximum atomic E-state index is 12.2. The Morgan fingerprint density at radius 3 is 2.63 bits per heavy atom. The quantitative estimate of drug-likeness (QED) is 0.802. The molecule has 0 radical (unpaired) electrons. The molecule has 0 aliphatic heterocycles. The van der Waals surface area contributed by atoms with E-state index in [1.165, 1.54) is 6.07 Å². The second kappa shape index (κ2) is 7.56. The molecule has 1 aromatic carbocycles. The first-order valence-electron chi connectivity index (χ1n) is 6.06. The Bertz CT molecular complexity index is 411. The minimum Gasteiger partial charge on any atom is -0.433 e. The molecular weight excluding hydrogens is 254 g/mol. The van der Waals surface area contributed by atoms with Crippen molar-refractivity contribution in [3.8, 4) is 5.75 Å². The summed E-state index contributed by atoms with van der Waals surface area (Å²) in [6, 6.07) is 6.46. The van der Waals surface area contributed by atoms with Gasteiger partial charge >= 0.3 is 6.61 Å². The molecule has 0 aliphatic rings. The van der Waals surface area contributed by atoms with Gasteiger partial charge in [0, 0.05) is 19.0 Å². The van der Waals surface area contributed by atoms with Gasteiger partial charge in [-0.2, -0.15) is 8.78 Å². The standard InChI is InChI=1S/C13H18F2N2O2/c1-9(2)17-12(18)7-8-16-10-5-3-4-6-11(10)19-13(14)15/h3-6,9,13,16H,7-8H2,1-2H3,(H,17,18). The van der Waals surface area contributed by atoms with Gasteiger partial charge < -0.3 is 15.4 Å². The predicted molar refractivity (Wildman–Crippen MR) is 69.5 cm³/mol. The molecule has 0 aliphatic carbocycles. The number of nitrogens with one attached hydrogen (secondary N) is 2. The number of halogens is 2. The molecule has 0 saturated heterocycles. The van der Waals surface area contributed by atoms with E-state index in [1.807, 2.05) is 13.8 Å². The molecule has 1 amide bonds. The lowest BCUT2D eigenvalue weighted by Crippen LogP contribution is -2.31. The Morgan fingerprint density at radius 1 is 1.32 bits per heavy atom. The first-order valence-corrected chi connectivity index (χ1v) is 6.06. The summed E-state index contributed by atoms with van der Waals surface area (Å²) in [5.41, 5.74) is 0.445. The van der Waals surface area contributed by atoms with E-state index < -0.39 is 6.61 Å². The van der Waals surface area contributed by atoms with Crippen LogP contribution < -0.4 is 15.4 Å². The van der Waals surface area contributed by atoms with Gasteiger partial charge in [0.25, 0.3) is 0 Å². The van der Waals surface area contributed by atoms with Crippen molar-refractivity contribution in [1.82, 2.24) is 5.32 Å². The molecule has 106 valence electrons. The minimum atomic E-state index is -2.87. The van der Waals surface area contributed by atoms with Crippen LogP contribution in [0.2, 0.25) is 0 Å². The number of benzene rings is 1. The smallest absolute Gasteiger partial charge is 0.387 e. The molecule has 4 nitrogen and oxygen atoms in total. The first-order chi connectivity index (χ1) is 8.99. The fourth-order valence-electron chi connectivity index (χ4n) is 1.52. The van der Waals surface area contributed by atoms with Crippen LogP contribution in [0.15, 0.2) is 24.3 Å². The molecule has 0 fully saturated rings. The van der Waals surface area contributed by atoms with E-state index in [1.54, 1.807) is 18.2 Å². The SMILES string of the molecule is CC(C)NC(=O)CCNc1ccccc1OC(F)F. The van der Waals surface area contributed by atoms with E-state index in [4.69, 9.17) is 0 Å². The normalized spacial score (nSPS) is 10.6. The monoisotopic (exact) mass is 272 g/mol. The molecule has 19 heavy (non-hydrogen) atoms. The third-order valence-electron chi connectivity index (χ3n) is 2.22. The largest absolute Gasteiger partial charge is 0.433 e. The summed E-state index contributed by atoms with van der Waals surface area (Å²) in [6.45, 7) is 1.23. The highest BCUT2D eigenvalue weighted by atomic mass is 19.3. The van der Waals surface area contributed by atoms with Crippen LogP contribution in [0.3, 0.4) is 0 Å². The van der Waals surface area contributed by atoms with Crippen molar-refractivity contribution in [3.63, 3.8) is 0 Å².